The first-order valence-corrected chi connectivity index (χ1v) is 10.2. The molecule has 0 aliphatic rings. The molecule has 2 aromatic heterocycles. The maximum Gasteiger partial charge on any atom is 0.277 e. The number of nitrogens with one attached hydrogen (secondary N) is 1. The maximum absolute atomic E-state index is 12.3. The van der Waals surface area contributed by atoms with Gasteiger partial charge in [-0.3, -0.25) is 14.9 Å². The molecule has 2 heterocycles. The summed E-state index contributed by atoms with van der Waals surface area (Å²) in [5.41, 5.74) is -0.00809. The van der Waals surface area contributed by atoms with Crippen molar-refractivity contribution in [3.63, 3.8) is 0 Å². The van der Waals surface area contributed by atoms with E-state index in [9.17, 15) is 9.59 Å². The van der Waals surface area contributed by atoms with Crippen LogP contribution in [0.2, 0.25) is 0 Å². The largest absolute Gasteiger partial charge is 0.295 e. The summed E-state index contributed by atoms with van der Waals surface area (Å²) < 4.78 is 1.30. The monoisotopic (exact) mass is 377 g/mol. The summed E-state index contributed by atoms with van der Waals surface area (Å²) >= 11 is 1.39. The minimum Gasteiger partial charge on any atom is -0.295 e. The highest BCUT2D eigenvalue weighted by Gasteiger charge is 2.13. The van der Waals surface area contributed by atoms with Gasteiger partial charge in [0.25, 0.3) is 11.5 Å². The van der Waals surface area contributed by atoms with Gasteiger partial charge in [-0.1, -0.05) is 57.3 Å². The molecule has 0 fully saturated rings. The van der Waals surface area contributed by atoms with Crippen LogP contribution in [-0.4, -0.2) is 25.9 Å². The second-order valence-electron chi connectivity index (χ2n) is 6.25. The SMILES string of the molecule is CCCCCCCCc1nnc(NC(=O)c2ccc(=O)n(CCC)n2)s1. The molecule has 26 heavy (non-hydrogen) atoms. The van der Waals surface area contributed by atoms with Crippen LogP contribution >= 0.6 is 11.3 Å². The number of aromatic nitrogens is 4. The van der Waals surface area contributed by atoms with Gasteiger partial charge in [0.2, 0.25) is 5.13 Å². The van der Waals surface area contributed by atoms with Gasteiger partial charge in [0.05, 0.1) is 0 Å². The van der Waals surface area contributed by atoms with E-state index in [-0.39, 0.29) is 17.2 Å². The second-order valence-corrected chi connectivity index (χ2v) is 7.31. The number of hydrogen-bond acceptors (Lipinski definition) is 6. The smallest absolute Gasteiger partial charge is 0.277 e. The Labute approximate surface area is 157 Å². The summed E-state index contributed by atoms with van der Waals surface area (Å²) in [5.74, 6) is -0.378. The fourth-order valence-electron chi connectivity index (χ4n) is 2.56. The highest BCUT2D eigenvalue weighted by Crippen LogP contribution is 2.18. The van der Waals surface area contributed by atoms with Gasteiger partial charge in [0.1, 0.15) is 10.7 Å². The topological polar surface area (TPSA) is 89.8 Å². The number of nitrogens with zero attached hydrogens (tertiary/aromatic N) is 4. The van der Waals surface area contributed by atoms with Gasteiger partial charge in [-0.2, -0.15) is 5.10 Å². The first kappa shape index (κ1) is 20.2. The Morgan fingerprint density at radius 1 is 1.08 bits per heavy atom. The number of rotatable bonds is 11. The summed E-state index contributed by atoms with van der Waals surface area (Å²) in [7, 11) is 0. The molecule has 2 aromatic rings. The molecule has 8 heteroatoms. The standard InChI is InChI=1S/C18H27N5O2S/c1-3-5-6-7-8-9-10-15-20-21-18(26-15)19-17(25)14-11-12-16(24)23(22-14)13-4-2/h11-12H,3-10,13H2,1-2H3,(H,19,21,25). The van der Waals surface area contributed by atoms with Gasteiger partial charge in [0, 0.05) is 19.0 Å². The molecule has 0 unspecified atom stereocenters. The Bertz CT molecular complexity index is 756. The molecule has 7 nitrogen and oxygen atoms in total. The predicted molar refractivity (Wildman–Crippen MR) is 104 cm³/mol. The lowest BCUT2D eigenvalue weighted by molar-refractivity contribution is 0.101. The van der Waals surface area contributed by atoms with Crippen LogP contribution in [0.5, 0.6) is 0 Å². The molecule has 0 atom stereocenters. The molecule has 0 spiro atoms. The number of amides is 1. The van der Waals surface area contributed by atoms with Gasteiger partial charge < -0.3 is 0 Å². The fourth-order valence-corrected chi connectivity index (χ4v) is 3.34. The lowest BCUT2D eigenvalue weighted by Crippen LogP contribution is -2.26. The van der Waals surface area contributed by atoms with Crippen molar-refractivity contribution in [1.29, 1.82) is 0 Å². The molecule has 0 bridgehead atoms. The number of carbonyl (C=O) groups is 1. The quantitative estimate of drug-likeness (QED) is 0.604. The summed E-state index contributed by atoms with van der Waals surface area (Å²) in [5, 5.41) is 16.4. The van der Waals surface area contributed by atoms with E-state index in [4.69, 9.17) is 0 Å². The third-order valence-electron chi connectivity index (χ3n) is 3.97. The van der Waals surface area contributed by atoms with Gasteiger partial charge in [-0.05, 0) is 18.9 Å². The third-order valence-corrected chi connectivity index (χ3v) is 4.86. The van der Waals surface area contributed by atoms with Crippen LogP contribution in [0, 0.1) is 0 Å². The van der Waals surface area contributed by atoms with Gasteiger partial charge >= 0.3 is 0 Å². The van der Waals surface area contributed by atoms with Gasteiger partial charge in [-0.15, -0.1) is 10.2 Å². The van der Waals surface area contributed by atoms with Crippen molar-refractivity contribution in [3.05, 3.63) is 33.2 Å². The second kappa shape index (κ2) is 10.8. The Balaban J connectivity index is 1.85. The Morgan fingerprint density at radius 3 is 2.62 bits per heavy atom. The van der Waals surface area contributed by atoms with Crippen LogP contribution in [0.4, 0.5) is 5.13 Å². The summed E-state index contributed by atoms with van der Waals surface area (Å²) in [6.07, 6.45) is 9.06. The summed E-state index contributed by atoms with van der Waals surface area (Å²) in [6, 6.07) is 2.80. The lowest BCUT2D eigenvalue weighted by atomic mass is 10.1. The first-order chi connectivity index (χ1) is 12.6. The molecular weight excluding hydrogens is 350 g/mol. The van der Waals surface area contributed by atoms with E-state index in [1.54, 1.807) is 0 Å². The minimum atomic E-state index is -0.378. The zero-order valence-electron chi connectivity index (χ0n) is 15.5. The number of hydrogen-bond donors (Lipinski definition) is 1. The number of anilines is 1. The highest BCUT2D eigenvalue weighted by molar-refractivity contribution is 7.15. The van der Waals surface area contributed by atoms with Crippen LogP contribution in [0.1, 0.15) is 74.3 Å². The Morgan fingerprint density at radius 2 is 1.85 bits per heavy atom. The van der Waals surface area contributed by atoms with Crippen LogP contribution in [0.15, 0.2) is 16.9 Å². The van der Waals surface area contributed by atoms with Crippen molar-refractivity contribution in [3.8, 4) is 0 Å². The summed E-state index contributed by atoms with van der Waals surface area (Å²) in [6.45, 7) is 4.65. The van der Waals surface area contributed by atoms with Crippen molar-refractivity contribution in [2.45, 2.75) is 71.8 Å². The normalized spacial score (nSPS) is 10.8. The Kier molecular flexibility index (Phi) is 8.40. The highest BCUT2D eigenvalue weighted by atomic mass is 32.1. The molecule has 1 N–H and O–H groups in total. The molecule has 0 saturated carbocycles. The van der Waals surface area contributed by atoms with Crippen molar-refractivity contribution in [1.82, 2.24) is 20.0 Å². The number of aryl methyl sites for hydroxylation is 2. The van der Waals surface area contributed by atoms with E-state index in [0.29, 0.717) is 11.7 Å². The molecule has 2 rings (SSSR count). The lowest BCUT2D eigenvalue weighted by Gasteiger charge is -2.04. The molecule has 0 saturated heterocycles. The van der Waals surface area contributed by atoms with Crippen molar-refractivity contribution in [2.75, 3.05) is 5.32 Å². The maximum atomic E-state index is 12.3. The van der Waals surface area contributed by atoms with Crippen LogP contribution < -0.4 is 10.9 Å². The van der Waals surface area contributed by atoms with E-state index in [1.807, 2.05) is 6.92 Å². The molecular formula is C18H27N5O2S. The molecule has 0 aliphatic carbocycles. The first-order valence-electron chi connectivity index (χ1n) is 9.36. The van der Waals surface area contributed by atoms with E-state index in [2.05, 4.69) is 27.5 Å². The third kappa shape index (κ3) is 6.33. The molecule has 0 radical (unpaired) electrons. The zero-order valence-corrected chi connectivity index (χ0v) is 16.3. The minimum absolute atomic E-state index is 0.200. The molecule has 0 aromatic carbocycles. The van der Waals surface area contributed by atoms with Crippen molar-refractivity contribution in [2.24, 2.45) is 0 Å². The van der Waals surface area contributed by atoms with Crippen molar-refractivity contribution < 1.29 is 4.79 Å². The van der Waals surface area contributed by atoms with Gasteiger partial charge in [-0.25, -0.2) is 4.68 Å². The molecule has 0 aliphatic heterocycles. The average molecular weight is 378 g/mol. The van der Waals surface area contributed by atoms with E-state index in [1.165, 1.54) is 60.3 Å². The number of unbranched alkanes of at least 4 members (excludes halogenated alkanes) is 5. The molecule has 1 amide bonds. The van der Waals surface area contributed by atoms with Crippen LogP contribution in [0.3, 0.4) is 0 Å². The number of carbonyl (C=O) groups excluding carboxylic acids is 1. The molecule has 142 valence electrons. The predicted octanol–water partition coefficient (Wildman–Crippen LogP) is 3.66. The van der Waals surface area contributed by atoms with Crippen molar-refractivity contribution >= 4 is 22.4 Å². The van der Waals surface area contributed by atoms with E-state index < -0.39 is 0 Å². The van der Waals surface area contributed by atoms with Crippen LogP contribution in [0.25, 0.3) is 0 Å². The summed E-state index contributed by atoms with van der Waals surface area (Å²) in [4.78, 5) is 24.0. The van der Waals surface area contributed by atoms with E-state index >= 15 is 0 Å². The Hall–Kier alpha value is -2.09. The van der Waals surface area contributed by atoms with E-state index in [0.717, 1.165) is 24.3 Å². The fraction of sp³-hybridized carbons (Fsp3) is 0.611. The van der Waals surface area contributed by atoms with Gasteiger partial charge in [0.15, 0.2) is 0 Å². The average Bonchev–Trinajstić information content (AvgIpc) is 3.07. The van der Waals surface area contributed by atoms with Crippen LogP contribution in [-0.2, 0) is 13.0 Å². The zero-order chi connectivity index (χ0) is 18.8.